The van der Waals surface area contributed by atoms with Gasteiger partial charge in [-0.05, 0) is 12.5 Å². The number of halogens is 3. The topological polar surface area (TPSA) is 20.2 Å². The molecule has 0 radical (unpaired) electrons. The minimum absolute atomic E-state index is 0.111. The van der Waals surface area contributed by atoms with E-state index in [2.05, 4.69) is 0 Å². The maximum atomic E-state index is 12.4. The molecular weight excluding hydrogens is 193 g/mol. The lowest BCUT2D eigenvalue weighted by Crippen LogP contribution is -2.24. The number of rotatable bonds is 2. The van der Waals surface area contributed by atoms with E-state index in [9.17, 15) is 13.2 Å². The van der Waals surface area contributed by atoms with Gasteiger partial charge in [-0.3, -0.25) is 0 Å². The van der Waals surface area contributed by atoms with Crippen molar-refractivity contribution in [2.45, 2.75) is 19.0 Å². The van der Waals surface area contributed by atoms with Crippen LogP contribution in [0.1, 0.15) is 17.0 Å². The molecule has 1 atom stereocenters. The molecule has 0 saturated heterocycles. The van der Waals surface area contributed by atoms with Gasteiger partial charge in [-0.1, -0.05) is 29.8 Å². The third-order valence-electron chi connectivity index (χ3n) is 2.02. The van der Waals surface area contributed by atoms with Crippen molar-refractivity contribution in [3.05, 3.63) is 35.4 Å². The number of aliphatic hydroxyl groups excluding tert-OH is 1. The van der Waals surface area contributed by atoms with Gasteiger partial charge in [0.15, 0.2) is 0 Å². The Labute approximate surface area is 80.2 Å². The largest absolute Gasteiger partial charge is 0.397 e. The molecule has 4 heteroatoms. The van der Waals surface area contributed by atoms with Crippen LogP contribution < -0.4 is 0 Å². The van der Waals surface area contributed by atoms with Gasteiger partial charge in [0.05, 0.1) is 6.61 Å². The summed E-state index contributed by atoms with van der Waals surface area (Å²) in [6, 6.07) is 6.09. The van der Waals surface area contributed by atoms with Crippen molar-refractivity contribution in [1.29, 1.82) is 0 Å². The second-order valence-electron chi connectivity index (χ2n) is 3.19. The molecule has 0 aliphatic carbocycles. The normalized spacial score (nSPS) is 14.1. The summed E-state index contributed by atoms with van der Waals surface area (Å²) in [7, 11) is 0. The predicted octanol–water partition coefficient (Wildman–Crippen LogP) is 2.63. The molecule has 14 heavy (non-hydrogen) atoms. The highest BCUT2D eigenvalue weighted by molar-refractivity contribution is 5.26. The Morgan fingerprint density at radius 1 is 1.36 bits per heavy atom. The van der Waals surface area contributed by atoms with Gasteiger partial charge in [-0.25, -0.2) is 0 Å². The Bertz CT molecular complexity index is 306. The van der Waals surface area contributed by atoms with Crippen molar-refractivity contribution in [3.63, 3.8) is 0 Å². The van der Waals surface area contributed by atoms with Gasteiger partial charge in [-0.15, -0.1) is 0 Å². The average Bonchev–Trinajstić information content (AvgIpc) is 2.02. The highest BCUT2D eigenvalue weighted by atomic mass is 19.4. The van der Waals surface area contributed by atoms with Crippen molar-refractivity contribution >= 4 is 0 Å². The summed E-state index contributed by atoms with van der Waals surface area (Å²) in [6.07, 6.45) is -4.39. The summed E-state index contributed by atoms with van der Waals surface area (Å²) in [6.45, 7) is 0.807. The second-order valence-corrected chi connectivity index (χ2v) is 3.19. The summed E-state index contributed by atoms with van der Waals surface area (Å²) in [5.74, 6) is -1.78. The first kappa shape index (κ1) is 11.0. The second kappa shape index (κ2) is 4.00. The Hall–Kier alpha value is -1.03. The van der Waals surface area contributed by atoms with Gasteiger partial charge in [0, 0.05) is 0 Å². The number of benzene rings is 1. The van der Waals surface area contributed by atoms with Crippen molar-refractivity contribution in [3.8, 4) is 0 Å². The lowest BCUT2D eigenvalue weighted by atomic mass is 9.98. The summed E-state index contributed by atoms with van der Waals surface area (Å²) >= 11 is 0. The first-order valence-corrected chi connectivity index (χ1v) is 4.19. The fourth-order valence-electron chi connectivity index (χ4n) is 1.28. The standard InChI is InChI=1S/C10H11F3O/c1-7-3-2-4-8(5-7)9(6-14)10(11,12)13/h2-5,9,14H,6H2,1H3. The molecule has 1 rings (SSSR count). The van der Waals surface area contributed by atoms with E-state index in [1.807, 2.05) is 0 Å². The van der Waals surface area contributed by atoms with Crippen LogP contribution in [0.4, 0.5) is 13.2 Å². The summed E-state index contributed by atoms with van der Waals surface area (Å²) < 4.78 is 37.1. The van der Waals surface area contributed by atoms with Crippen LogP contribution >= 0.6 is 0 Å². The van der Waals surface area contributed by atoms with Gasteiger partial charge in [0.25, 0.3) is 0 Å². The van der Waals surface area contributed by atoms with Gasteiger partial charge >= 0.3 is 6.18 Å². The Kier molecular flexibility index (Phi) is 3.16. The van der Waals surface area contributed by atoms with Crippen LogP contribution in [-0.2, 0) is 0 Å². The van der Waals surface area contributed by atoms with Crippen LogP contribution in [0.5, 0.6) is 0 Å². The number of aliphatic hydroxyl groups is 1. The fraction of sp³-hybridized carbons (Fsp3) is 0.400. The maximum Gasteiger partial charge on any atom is 0.397 e. The van der Waals surface area contributed by atoms with E-state index in [0.29, 0.717) is 0 Å². The van der Waals surface area contributed by atoms with Crippen molar-refractivity contribution < 1.29 is 18.3 Å². The molecule has 0 spiro atoms. The molecule has 0 aliphatic heterocycles. The molecule has 0 heterocycles. The highest BCUT2D eigenvalue weighted by Gasteiger charge is 2.40. The molecule has 1 aromatic carbocycles. The SMILES string of the molecule is Cc1cccc(C(CO)C(F)(F)F)c1. The molecular formula is C10H11F3O. The van der Waals surface area contributed by atoms with Crippen LogP contribution in [0.2, 0.25) is 0 Å². The first-order valence-electron chi connectivity index (χ1n) is 4.19. The van der Waals surface area contributed by atoms with Gasteiger partial charge in [0.2, 0.25) is 0 Å². The van der Waals surface area contributed by atoms with Crippen molar-refractivity contribution in [1.82, 2.24) is 0 Å². The summed E-state index contributed by atoms with van der Waals surface area (Å²) in [5, 5.41) is 8.69. The number of hydrogen-bond acceptors (Lipinski definition) is 1. The number of hydrogen-bond donors (Lipinski definition) is 1. The predicted molar refractivity (Wildman–Crippen MR) is 47.1 cm³/mol. The molecule has 1 unspecified atom stereocenters. The number of aryl methyl sites for hydroxylation is 1. The average molecular weight is 204 g/mol. The van der Waals surface area contributed by atoms with E-state index in [1.165, 1.54) is 12.1 Å². The van der Waals surface area contributed by atoms with Crippen LogP contribution in [0.3, 0.4) is 0 Å². The van der Waals surface area contributed by atoms with Crippen molar-refractivity contribution in [2.24, 2.45) is 0 Å². The highest BCUT2D eigenvalue weighted by Crippen LogP contribution is 2.34. The third kappa shape index (κ3) is 2.48. The minimum Gasteiger partial charge on any atom is -0.395 e. The van der Waals surface area contributed by atoms with Crippen LogP contribution in [-0.4, -0.2) is 17.9 Å². The zero-order valence-electron chi connectivity index (χ0n) is 7.67. The third-order valence-corrected chi connectivity index (χ3v) is 2.02. The van der Waals surface area contributed by atoms with Crippen LogP contribution in [0.15, 0.2) is 24.3 Å². The van der Waals surface area contributed by atoms with Crippen molar-refractivity contribution in [2.75, 3.05) is 6.61 Å². The lowest BCUT2D eigenvalue weighted by Gasteiger charge is -2.18. The molecule has 1 aromatic rings. The molecule has 0 bridgehead atoms. The van der Waals surface area contributed by atoms with Gasteiger partial charge < -0.3 is 5.11 Å². The lowest BCUT2D eigenvalue weighted by molar-refractivity contribution is -0.158. The summed E-state index contributed by atoms with van der Waals surface area (Å²) in [4.78, 5) is 0. The zero-order valence-corrected chi connectivity index (χ0v) is 7.67. The van der Waals surface area contributed by atoms with E-state index in [1.54, 1.807) is 19.1 Å². The van der Waals surface area contributed by atoms with Crippen LogP contribution in [0, 0.1) is 6.92 Å². The van der Waals surface area contributed by atoms with E-state index in [4.69, 9.17) is 5.11 Å². The van der Waals surface area contributed by atoms with E-state index in [-0.39, 0.29) is 5.56 Å². The Morgan fingerprint density at radius 3 is 2.43 bits per heavy atom. The van der Waals surface area contributed by atoms with Gasteiger partial charge in [0.1, 0.15) is 5.92 Å². The maximum absolute atomic E-state index is 12.4. The molecule has 0 saturated carbocycles. The van der Waals surface area contributed by atoms with E-state index < -0.39 is 18.7 Å². The number of alkyl halides is 3. The molecule has 78 valence electrons. The molecule has 1 nitrogen and oxygen atoms in total. The van der Waals surface area contributed by atoms with Gasteiger partial charge in [-0.2, -0.15) is 13.2 Å². The quantitative estimate of drug-likeness (QED) is 0.785. The molecule has 0 fully saturated rings. The zero-order chi connectivity index (χ0) is 10.8. The Balaban J connectivity index is 3.01. The minimum atomic E-state index is -4.39. The van der Waals surface area contributed by atoms with Crippen LogP contribution in [0.25, 0.3) is 0 Å². The smallest absolute Gasteiger partial charge is 0.395 e. The summed E-state index contributed by atoms with van der Waals surface area (Å²) in [5.41, 5.74) is 0.866. The fourth-order valence-corrected chi connectivity index (χ4v) is 1.28. The molecule has 1 N–H and O–H groups in total. The molecule has 0 amide bonds. The molecule has 0 aliphatic rings. The Morgan fingerprint density at radius 2 is 2.00 bits per heavy atom. The molecule has 0 aromatic heterocycles. The monoisotopic (exact) mass is 204 g/mol. The first-order chi connectivity index (χ1) is 6.45. The van der Waals surface area contributed by atoms with E-state index in [0.717, 1.165) is 5.56 Å². The van der Waals surface area contributed by atoms with E-state index >= 15 is 0 Å².